The lowest BCUT2D eigenvalue weighted by Crippen LogP contribution is -1.89. The zero-order valence-corrected chi connectivity index (χ0v) is 14.5. The third kappa shape index (κ3) is 2.58. The molecule has 21 heavy (non-hydrogen) atoms. The summed E-state index contributed by atoms with van der Waals surface area (Å²) in [6.07, 6.45) is 1.69. The molecule has 0 unspecified atom stereocenters. The summed E-state index contributed by atoms with van der Waals surface area (Å²) in [5, 5.41) is 0.915. The molecule has 4 heteroatoms. The largest absolute Gasteiger partial charge is 0.454 e. The first-order valence-electron chi connectivity index (χ1n) is 6.60. The fourth-order valence-corrected chi connectivity index (χ4v) is 3.94. The molecule has 3 aromatic rings. The summed E-state index contributed by atoms with van der Waals surface area (Å²) >= 11 is 3.50. The zero-order chi connectivity index (χ0) is 15.1. The van der Waals surface area contributed by atoms with Crippen LogP contribution in [0, 0.1) is 13.8 Å². The SMILES string of the molecule is Cc1ccc(-c2oc3c(C)cc(Br)cc3c2[S@@](C)=O)cc1. The Labute approximate surface area is 134 Å². The fourth-order valence-electron chi connectivity index (χ4n) is 2.49. The monoisotopic (exact) mass is 362 g/mol. The van der Waals surface area contributed by atoms with Gasteiger partial charge in [-0.2, -0.15) is 0 Å². The Bertz CT molecular complexity index is 847. The van der Waals surface area contributed by atoms with Crippen LogP contribution in [0.3, 0.4) is 0 Å². The van der Waals surface area contributed by atoms with Crippen LogP contribution in [0.1, 0.15) is 11.1 Å². The summed E-state index contributed by atoms with van der Waals surface area (Å²) in [6, 6.07) is 12.1. The van der Waals surface area contributed by atoms with Gasteiger partial charge >= 0.3 is 0 Å². The minimum atomic E-state index is -1.12. The molecule has 2 nitrogen and oxygen atoms in total. The van der Waals surface area contributed by atoms with Gasteiger partial charge in [-0.25, -0.2) is 0 Å². The van der Waals surface area contributed by atoms with Crippen molar-refractivity contribution in [3.05, 3.63) is 52.0 Å². The molecule has 0 aliphatic carbocycles. The molecule has 0 aliphatic rings. The number of aryl methyl sites for hydroxylation is 2. The van der Waals surface area contributed by atoms with Gasteiger partial charge in [-0.1, -0.05) is 45.8 Å². The molecule has 1 aromatic heterocycles. The Kier molecular flexibility index (Phi) is 3.76. The molecule has 0 saturated heterocycles. The molecule has 0 amide bonds. The number of hydrogen-bond acceptors (Lipinski definition) is 2. The van der Waals surface area contributed by atoms with E-state index in [2.05, 4.69) is 15.9 Å². The van der Waals surface area contributed by atoms with Crippen molar-refractivity contribution in [1.29, 1.82) is 0 Å². The lowest BCUT2D eigenvalue weighted by Gasteiger charge is -2.01. The van der Waals surface area contributed by atoms with Crippen LogP contribution in [0.4, 0.5) is 0 Å². The Hall–Kier alpha value is -1.39. The maximum absolute atomic E-state index is 12.2. The average molecular weight is 363 g/mol. The highest BCUT2D eigenvalue weighted by Gasteiger charge is 2.20. The lowest BCUT2D eigenvalue weighted by atomic mass is 10.1. The van der Waals surface area contributed by atoms with Crippen molar-refractivity contribution >= 4 is 37.7 Å². The van der Waals surface area contributed by atoms with E-state index in [0.717, 1.165) is 31.5 Å². The van der Waals surface area contributed by atoms with Crippen molar-refractivity contribution in [2.75, 3.05) is 6.26 Å². The molecular formula is C17H15BrO2S. The molecule has 2 aromatic carbocycles. The molecule has 1 atom stereocenters. The summed E-state index contributed by atoms with van der Waals surface area (Å²) in [4.78, 5) is 0.762. The van der Waals surface area contributed by atoms with E-state index in [9.17, 15) is 4.21 Å². The molecule has 0 bridgehead atoms. The highest BCUT2D eigenvalue weighted by molar-refractivity contribution is 9.10. The van der Waals surface area contributed by atoms with Crippen LogP contribution < -0.4 is 0 Å². The first-order chi connectivity index (χ1) is 9.97. The molecule has 0 aliphatic heterocycles. The third-order valence-corrected chi connectivity index (χ3v) is 4.93. The van der Waals surface area contributed by atoms with E-state index >= 15 is 0 Å². The normalized spacial score (nSPS) is 12.8. The summed E-state index contributed by atoms with van der Waals surface area (Å²) < 4.78 is 19.3. The summed E-state index contributed by atoms with van der Waals surface area (Å²) in [5.74, 6) is 0.701. The Morgan fingerprint density at radius 2 is 1.76 bits per heavy atom. The van der Waals surface area contributed by atoms with E-state index < -0.39 is 10.8 Å². The number of benzene rings is 2. The lowest BCUT2D eigenvalue weighted by molar-refractivity contribution is 0.620. The number of halogens is 1. The van der Waals surface area contributed by atoms with Gasteiger partial charge in [0.25, 0.3) is 0 Å². The first kappa shape index (κ1) is 14.5. The van der Waals surface area contributed by atoms with E-state index in [-0.39, 0.29) is 0 Å². The first-order valence-corrected chi connectivity index (χ1v) is 8.95. The fraction of sp³-hybridized carbons (Fsp3) is 0.176. The number of rotatable bonds is 2. The third-order valence-electron chi connectivity index (χ3n) is 3.50. The van der Waals surface area contributed by atoms with Crippen LogP contribution in [0.25, 0.3) is 22.3 Å². The van der Waals surface area contributed by atoms with Crippen molar-refractivity contribution in [1.82, 2.24) is 0 Å². The standard InChI is InChI=1S/C17H15BrO2S/c1-10-4-6-12(7-5-10)16-17(21(3)19)14-9-13(18)8-11(2)15(14)20-16/h4-9H,1-3H3/t21-/m1/s1. The van der Waals surface area contributed by atoms with E-state index in [1.807, 2.05) is 50.2 Å². The summed E-state index contributed by atoms with van der Waals surface area (Å²) in [5.41, 5.74) is 3.98. The van der Waals surface area contributed by atoms with Gasteiger partial charge in [-0.3, -0.25) is 4.21 Å². The van der Waals surface area contributed by atoms with Gasteiger partial charge in [0, 0.05) is 21.7 Å². The van der Waals surface area contributed by atoms with Crippen LogP contribution in [-0.2, 0) is 10.8 Å². The van der Waals surface area contributed by atoms with Crippen LogP contribution in [0.15, 0.2) is 50.2 Å². The van der Waals surface area contributed by atoms with Gasteiger partial charge in [0.1, 0.15) is 5.58 Å². The Balaban J connectivity index is 2.37. The van der Waals surface area contributed by atoms with Gasteiger partial charge in [0.2, 0.25) is 0 Å². The topological polar surface area (TPSA) is 30.2 Å². The molecule has 0 radical (unpaired) electrons. The molecular weight excluding hydrogens is 348 g/mol. The predicted octanol–water partition coefficient (Wildman–Crippen LogP) is 5.22. The van der Waals surface area contributed by atoms with Gasteiger partial charge in [0.05, 0.1) is 15.7 Å². The molecule has 0 spiro atoms. The van der Waals surface area contributed by atoms with Crippen LogP contribution in [-0.4, -0.2) is 10.5 Å². The van der Waals surface area contributed by atoms with Crippen molar-refractivity contribution in [3.63, 3.8) is 0 Å². The minimum Gasteiger partial charge on any atom is -0.454 e. The van der Waals surface area contributed by atoms with Crippen LogP contribution >= 0.6 is 15.9 Å². The van der Waals surface area contributed by atoms with E-state index in [1.165, 1.54) is 5.56 Å². The molecule has 0 saturated carbocycles. The second kappa shape index (κ2) is 5.43. The number of furan rings is 1. The zero-order valence-electron chi connectivity index (χ0n) is 12.1. The van der Waals surface area contributed by atoms with Crippen molar-refractivity contribution < 1.29 is 8.63 Å². The Morgan fingerprint density at radius 1 is 1.10 bits per heavy atom. The minimum absolute atomic E-state index is 0.701. The maximum atomic E-state index is 12.2. The molecule has 0 fully saturated rings. The molecule has 108 valence electrons. The number of fused-ring (bicyclic) bond motifs is 1. The molecule has 0 N–H and O–H groups in total. The summed E-state index contributed by atoms with van der Waals surface area (Å²) in [7, 11) is -1.12. The van der Waals surface area contributed by atoms with E-state index in [0.29, 0.717) is 5.76 Å². The number of hydrogen-bond donors (Lipinski definition) is 0. The van der Waals surface area contributed by atoms with Crippen molar-refractivity contribution in [2.24, 2.45) is 0 Å². The van der Waals surface area contributed by atoms with Crippen molar-refractivity contribution in [2.45, 2.75) is 18.7 Å². The molecule has 1 heterocycles. The maximum Gasteiger partial charge on any atom is 0.151 e. The smallest absolute Gasteiger partial charge is 0.151 e. The van der Waals surface area contributed by atoms with E-state index in [1.54, 1.807) is 6.26 Å². The van der Waals surface area contributed by atoms with Gasteiger partial charge < -0.3 is 4.42 Å². The summed E-state index contributed by atoms with van der Waals surface area (Å²) in [6.45, 7) is 4.04. The van der Waals surface area contributed by atoms with E-state index in [4.69, 9.17) is 4.42 Å². The second-order valence-electron chi connectivity index (χ2n) is 5.18. The quantitative estimate of drug-likeness (QED) is 0.625. The van der Waals surface area contributed by atoms with Crippen LogP contribution in [0.2, 0.25) is 0 Å². The molecule has 3 rings (SSSR count). The Morgan fingerprint density at radius 3 is 2.38 bits per heavy atom. The van der Waals surface area contributed by atoms with Crippen molar-refractivity contribution in [3.8, 4) is 11.3 Å². The van der Waals surface area contributed by atoms with Gasteiger partial charge in [-0.05, 0) is 31.5 Å². The highest BCUT2D eigenvalue weighted by atomic mass is 79.9. The van der Waals surface area contributed by atoms with Gasteiger partial charge in [0.15, 0.2) is 5.76 Å². The average Bonchev–Trinajstić information content (AvgIpc) is 2.79. The highest BCUT2D eigenvalue weighted by Crippen LogP contribution is 2.38. The second-order valence-corrected chi connectivity index (χ2v) is 7.41. The predicted molar refractivity (Wildman–Crippen MR) is 91.2 cm³/mol. The van der Waals surface area contributed by atoms with Gasteiger partial charge in [-0.15, -0.1) is 0 Å². The van der Waals surface area contributed by atoms with Crippen LogP contribution in [0.5, 0.6) is 0 Å².